The Balaban J connectivity index is 1.82. The lowest BCUT2D eigenvalue weighted by atomic mass is 10.0. The van der Waals surface area contributed by atoms with Crippen molar-refractivity contribution in [2.75, 3.05) is 37.8 Å². The minimum Gasteiger partial charge on any atom is -0.378 e. The summed E-state index contributed by atoms with van der Waals surface area (Å²) in [5, 5.41) is 7.73. The van der Waals surface area contributed by atoms with Gasteiger partial charge in [-0.15, -0.1) is 10.2 Å². The van der Waals surface area contributed by atoms with Crippen molar-refractivity contribution in [3.63, 3.8) is 0 Å². The summed E-state index contributed by atoms with van der Waals surface area (Å²) in [6.45, 7) is 5.01. The van der Waals surface area contributed by atoms with E-state index < -0.39 is 12.6 Å². The van der Waals surface area contributed by atoms with Gasteiger partial charge in [-0.25, -0.2) is 0 Å². The molecule has 124 valence electrons. The van der Waals surface area contributed by atoms with Gasteiger partial charge < -0.3 is 14.4 Å². The molecule has 0 N–H and O–H groups in total. The Labute approximate surface area is 126 Å². The van der Waals surface area contributed by atoms with E-state index in [1.807, 2.05) is 4.90 Å². The molecule has 2 fully saturated rings. The summed E-state index contributed by atoms with van der Waals surface area (Å²) < 4.78 is 50.6. The Morgan fingerprint density at radius 3 is 2.73 bits per heavy atom. The van der Waals surface area contributed by atoms with E-state index in [4.69, 9.17) is 9.47 Å². The molecule has 2 aliphatic rings. The first kappa shape index (κ1) is 15.5. The van der Waals surface area contributed by atoms with E-state index in [0.29, 0.717) is 45.4 Å². The highest BCUT2D eigenvalue weighted by Gasteiger charge is 2.42. The number of hydrogen-bond acceptors (Lipinski definition) is 5. The topological polar surface area (TPSA) is 52.4 Å². The quantitative estimate of drug-likeness (QED) is 0.843. The van der Waals surface area contributed by atoms with E-state index in [1.165, 1.54) is 4.57 Å². The Hall–Kier alpha value is -1.35. The number of anilines is 1. The second-order valence-corrected chi connectivity index (χ2v) is 5.71. The summed E-state index contributed by atoms with van der Waals surface area (Å²) in [5.41, 5.74) is -0.368. The fourth-order valence-electron chi connectivity index (χ4n) is 3.04. The van der Waals surface area contributed by atoms with Gasteiger partial charge in [0.15, 0.2) is 0 Å². The van der Waals surface area contributed by atoms with Crippen molar-refractivity contribution in [3.05, 3.63) is 5.82 Å². The van der Waals surface area contributed by atoms with Crippen LogP contribution in [0.2, 0.25) is 0 Å². The van der Waals surface area contributed by atoms with Crippen molar-refractivity contribution in [3.8, 4) is 0 Å². The van der Waals surface area contributed by atoms with Gasteiger partial charge in [0, 0.05) is 26.1 Å². The third-order valence-corrected chi connectivity index (χ3v) is 4.08. The lowest BCUT2D eigenvalue weighted by Gasteiger charge is -2.39. The van der Waals surface area contributed by atoms with Crippen LogP contribution in [0.25, 0.3) is 0 Å². The summed E-state index contributed by atoms with van der Waals surface area (Å²) >= 11 is 0. The zero-order chi connectivity index (χ0) is 15.8. The normalized spacial score (nSPS) is 26.1. The Bertz CT molecular complexity index is 526. The third kappa shape index (κ3) is 3.05. The number of aromatic nitrogens is 3. The second-order valence-electron chi connectivity index (χ2n) is 5.71. The standard InChI is InChI=1S/C13H19F3N4O2/c1-2-20-10(7-13(14,15)16)17-18-11(20)19-4-6-22-12(8-19)3-5-21-9-12/h2-9H2,1H3. The van der Waals surface area contributed by atoms with Gasteiger partial charge in [-0.2, -0.15) is 13.2 Å². The van der Waals surface area contributed by atoms with Crippen molar-refractivity contribution in [2.24, 2.45) is 0 Å². The maximum Gasteiger partial charge on any atom is 0.396 e. The molecule has 22 heavy (non-hydrogen) atoms. The monoisotopic (exact) mass is 320 g/mol. The highest BCUT2D eigenvalue weighted by atomic mass is 19.4. The number of ether oxygens (including phenoxy) is 2. The number of alkyl halides is 3. The lowest BCUT2D eigenvalue weighted by molar-refractivity contribution is -0.129. The van der Waals surface area contributed by atoms with Crippen molar-refractivity contribution < 1.29 is 22.6 Å². The molecule has 0 aliphatic carbocycles. The highest BCUT2D eigenvalue weighted by molar-refractivity contribution is 5.33. The summed E-state index contributed by atoms with van der Waals surface area (Å²) in [7, 11) is 0. The number of morpholine rings is 1. The average molecular weight is 320 g/mol. The smallest absolute Gasteiger partial charge is 0.378 e. The molecule has 1 unspecified atom stereocenters. The van der Waals surface area contributed by atoms with Gasteiger partial charge in [-0.3, -0.25) is 4.57 Å². The van der Waals surface area contributed by atoms with Crippen LogP contribution < -0.4 is 4.90 Å². The zero-order valence-corrected chi connectivity index (χ0v) is 12.4. The minimum absolute atomic E-state index is 0.0480. The molecule has 2 aliphatic heterocycles. The van der Waals surface area contributed by atoms with Gasteiger partial charge in [-0.05, 0) is 6.92 Å². The molecule has 1 spiro atoms. The van der Waals surface area contributed by atoms with E-state index in [0.717, 1.165) is 6.42 Å². The van der Waals surface area contributed by atoms with Crippen LogP contribution in [0.15, 0.2) is 0 Å². The van der Waals surface area contributed by atoms with Crippen LogP contribution in [0, 0.1) is 0 Å². The molecule has 6 nitrogen and oxygen atoms in total. The zero-order valence-electron chi connectivity index (χ0n) is 12.4. The van der Waals surface area contributed by atoms with Crippen LogP contribution in [0.3, 0.4) is 0 Å². The summed E-state index contributed by atoms with van der Waals surface area (Å²) in [4.78, 5) is 1.95. The minimum atomic E-state index is -4.29. The van der Waals surface area contributed by atoms with E-state index in [9.17, 15) is 13.2 Å². The first-order chi connectivity index (χ1) is 10.4. The van der Waals surface area contributed by atoms with Gasteiger partial charge in [-0.1, -0.05) is 0 Å². The fraction of sp³-hybridized carbons (Fsp3) is 0.846. The van der Waals surface area contributed by atoms with E-state index >= 15 is 0 Å². The summed E-state index contributed by atoms with van der Waals surface area (Å²) in [5.74, 6) is 0.435. The predicted molar refractivity (Wildman–Crippen MR) is 71.8 cm³/mol. The number of nitrogens with zero attached hydrogens (tertiary/aromatic N) is 4. The van der Waals surface area contributed by atoms with E-state index in [1.54, 1.807) is 6.92 Å². The molecular formula is C13H19F3N4O2. The molecule has 0 aromatic carbocycles. The number of hydrogen-bond donors (Lipinski definition) is 0. The molecule has 1 aromatic rings. The molecule has 0 radical (unpaired) electrons. The van der Waals surface area contributed by atoms with Crippen LogP contribution in [0.1, 0.15) is 19.2 Å². The van der Waals surface area contributed by atoms with Crippen molar-refractivity contribution in [1.29, 1.82) is 0 Å². The van der Waals surface area contributed by atoms with Crippen molar-refractivity contribution in [1.82, 2.24) is 14.8 Å². The van der Waals surface area contributed by atoms with Crippen LogP contribution in [-0.4, -0.2) is 59.5 Å². The largest absolute Gasteiger partial charge is 0.396 e. The molecule has 2 saturated heterocycles. The number of halogens is 3. The van der Waals surface area contributed by atoms with Crippen LogP contribution in [-0.2, 0) is 22.4 Å². The van der Waals surface area contributed by atoms with Crippen molar-refractivity contribution in [2.45, 2.75) is 38.1 Å². The maximum atomic E-state index is 12.6. The van der Waals surface area contributed by atoms with Crippen LogP contribution in [0.5, 0.6) is 0 Å². The molecule has 3 rings (SSSR count). The second kappa shape index (κ2) is 5.69. The third-order valence-electron chi connectivity index (χ3n) is 4.08. The highest BCUT2D eigenvalue weighted by Crippen LogP contribution is 2.30. The summed E-state index contributed by atoms with van der Waals surface area (Å²) in [6, 6.07) is 0. The molecule has 1 aromatic heterocycles. The molecule has 1 atom stereocenters. The molecular weight excluding hydrogens is 301 g/mol. The molecule has 0 bridgehead atoms. The molecule has 9 heteroatoms. The first-order valence-electron chi connectivity index (χ1n) is 7.38. The average Bonchev–Trinajstić information content (AvgIpc) is 3.04. The van der Waals surface area contributed by atoms with Gasteiger partial charge in [0.25, 0.3) is 0 Å². The van der Waals surface area contributed by atoms with Gasteiger partial charge in [0.1, 0.15) is 17.8 Å². The summed E-state index contributed by atoms with van der Waals surface area (Å²) in [6.07, 6.45) is -4.56. The maximum absolute atomic E-state index is 12.6. The Morgan fingerprint density at radius 2 is 2.09 bits per heavy atom. The predicted octanol–water partition coefficient (Wildman–Crippen LogP) is 1.40. The Morgan fingerprint density at radius 1 is 1.27 bits per heavy atom. The Kier molecular flexibility index (Phi) is 4.02. The van der Waals surface area contributed by atoms with Crippen LogP contribution >= 0.6 is 0 Å². The van der Waals surface area contributed by atoms with Gasteiger partial charge >= 0.3 is 6.18 Å². The molecule has 0 saturated carbocycles. The molecule has 0 amide bonds. The first-order valence-corrected chi connectivity index (χ1v) is 7.38. The van der Waals surface area contributed by atoms with E-state index in [2.05, 4.69) is 10.2 Å². The van der Waals surface area contributed by atoms with Gasteiger partial charge in [0.2, 0.25) is 5.95 Å². The van der Waals surface area contributed by atoms with Gasteiger partial charge in [0.05, 0.1) is 19.8 Å². The lowest BCUT2D eigenvalue weighted by Crippen LogP contribution is -2.53. The number of rotatable bonds is 3. The van der Waals surface area contributed by atoms with E-state index in [-0.39, 0.29) is 11.4 Å². The SMILES string of the molecule is CCn1c(CC(F)(F)F)nnc1N1CCOC2(CCOC2)C1. The van der Waals surface area contributed by atoms with Crippen LogP contribution in [0.4, 0.5) is 19.1 Å². The molecule has 3 heterocycles. The van der Waals surface area contributed by atoms with Crippen molar-refractivity contribution >= 4 is 5.95 Å². The fourth-order valence-corrected chi connectivity index (χ4v) is 3.04.